The molecule has 1 aromatic carbocycles. The summed E-state index contributed by atoms with van der Waals surface area (Å²) in [4.78, 5) is 33.0. The van der Waals surface area contributed by atoms with Gasteiger partial charge in [0.2, 0.25) is 11.8 Å². The summed E-state index contributed by atoms with van der Waals surface area (Å²) in [5, 5.41) is 0. The summed E-state index contributed by atoms with van der Waals surface area (Å²) < 4.78 is 0. The minimum absolute atomic E-state index is 0.0150. The Labute approximate surface area is 187 Å². The van der Waals surface area contributed by atoms with Crippen LogP contribution in [0.4, 0.5) is 0 Å². The lowest BCUT2D eigenvalue weighted by molar-refractivity contribution is -0.142. The molecule has 4 rings (SSSR count). The number of carbonyl (C=O) groups is 2. The van der Waals surface area contributed by atoms with Crippen molar-refractivity contribution in [3.05, 3.63) is 35.4 Å². The van der Waals surface area contributed by atoms with Gasteiger partial charge in [-0.05, 0) is 41.7 Å². The first-order chi connectivity index (χ1) is 14.8. The smallest absolute Gasteiger partial charge is 0.240 e. The molecule has 170 valence electrons. The Morgan fingerprint density at radius 1 is 0.935 bits per heavy atom. The highest BCUT2D eigenvalue weighted by Crippen LogP contribution is 2.33. The van der Waals surface area contributed by atoms with Crippen molar-refractivity contribution >= 4 is 11.8 Å². The summed E-state index contributed by atoms with van der Waals surface area (Å²) in [7, 11) is 0. The summed E-state index contributed by atoms with van der Waals surface area (Å²) in [6.07, 6.45) is 6.33. The van der Waals surface area contributed by atoms with E-state index < -0.39 is 0 Å². The van der Waals surface area contributed by atoms with Crippen LogP contribution >= 0.6 is 0 Å². The number of rotatable bonds is 4. The van der Waals surface area contributed by atoms with Gasteiger partial charge < -0.3 is 9.80 Å². The van der Waals surface area contributed by atoms with Gasteiger partial charge in [-0.25, -0.2) is 0 Å². The van der Waals surface area contributed by atoms with E-state index in [-0.39, 0.29) is 17.4 Å². The van der Waals surface area contributed by atoms with Crippen LogP contribution in [-0.4, -0.2) is 65.3 Å². The van der Waals surface area contributed by atoms with E-state index in [9.17, 15) is 9.59 Å². The molecule has 1 aromatic rings. The Morgan fingerprint density at radius 3 is 2.23 bits per heavy atom. The van der Waals surface area contributed by atoms with Gasteiger partial charge in [0.1, 0.15) is 0 Å². The van der Waals surface area contributed by atoms with Gasteiger partial charge in [-0.15, -0.1) is 0 Å². The van der Waals surface area contributed by atoms with Crippen LogP contribution in [0.25, 0.3) is 0 Å². The van der Waals surface area contributed by atoms with Gasteiger partial charge >= 0.3 is 0 Å². The lowest BCUT2D eigenvalue weighted by Gasteiger charge is -2.43. The number of benzene rings is 1. The lowest BCUT2D eigenvalue weighted by atomic mass is 9.91. The predicted octanol–water partition coefficient (Wildman–Crippen LogP) is 3.71. The first kappa shape index (κ1) is 22.3. The highest BCUT2D eigenvalue weighted by Gasteiger charge is 2.40. The maximum atomic E-state index is 13.8. The topological polar surface area (TPSA) is 43.9 Å². The van der Waals surface area contributed by atoms with Crippen LogP contribution in [0.1, 0.15) is 64.0 Å². The molecule has 2 fully saturated rings. The minimum Gasteiger partial charge on any atom is -0.340 e. The van der Waals surface area contributed by atoms with Gasteiger partial charge in [0.15, 0.2) is 0 Å². The fourth-order valence-corrected chi connectivity index (χ4v) is 5.61. The van der Waals surface area contributed by atoms with Crippen molar-refractivity contribution in [2.45, 2.75) is 71.9 Å². The average molecular weight is 426 g/mol. The number of hydrogen-bond acceptors (Lipinski definition) is 3. The molecule has 1 saturated carbocycles. The summed E-state index contributed by atoms with van der Waals surface area (Å²) in [6.45, 7) is 11.0. The molecule has 31 heavy (non-hydrogen) atoms. The molecule has 1 atom stereocenters. The Kier molecular flexibility index (Phi) is 6.71. The molecular weight excluding hydrogens is 386 g/mol. The Hall–Kier alpha value is -1.88. The molecule has 1 aliphatic carbocycles. The van der Waals surface area contributed by atoms with Crippen LogP contribution in [0.15, 0.2) is 24.3 Å². The summed E-state index contributed by atoms with van der Waals surface area (Å²) in [5.41, 5.74) is 2.70. The molecular formula is C26H39N3O2. The monoisotopic (exact) mass is 425 g/mol. The highest BCUT2D eigenvalue weighted by molar-refractivity contribution is 5.83. The van der Waals surface area contributed by atoms with Gasteiger partial charge in [-0.2, -0.15) is 0 Å². The first-order valence-corrected chi connectivity index (χ1v) is 12.2. The van der Waals surface area contributed by atoms with Crippen molar-refractivity contribution in [1.29, 1.82) is 0 Å². The molecule has 2 heterocycles. The Balaban J connectivity index is 1.43. The first-order valence-electron chi connectivity index (χ1n) is 12.2. The van der Waals surface area contributed by atoms with Gasteiger partial charge in [0.25, 0.3) is 0 Å². The number of hydrogen-bond donors (Lipinski definition) is 0. The largest absolute Gasteiger partial charge is 0.340 e. The van der Waals surface area contributed by atoms with Crippen molar-refractivity contribution in [3.8, 4) is 0 Å². The van der Waals surface area contributed by atoms with Gasteiger partial charge in [0, 0.05) is 45.7 Å². The molecule has 0 spiro atoms. The van der Waals surface area contributed by atoms with Gasteiger partial charge in [-0.3, -0.25) is 14.5 Å². The number of amides is 2. The second-order valence-corrected chi connectivity index (χ2v) is 10.9. The van der Waals surface area contributed by atoms with Crippen LogP contribution in [0.2, 0.25) is 0 Å². The zero-order chi connectivity index (χ0) is 22.0. The minimum atomic E-state index is -0.0207. The highest BCUT2D eigenvalue weighted by atomic mass is 16.2. The molecule has 1 unspecified atom stereocenters. The van der Waals surface area contributed by atoms with Crippen molar-refractivity contribution in [2.75, 3.05) is 32.7 Å². The van der Waals surface area contributed by atoms with E-state index in [0.717, 1.165) is 58.5 Å². The molecule has 0 N–H and O–H groups in total. The predicted molar refractivity (Wildman–Crippen MR) is 124 cm³/mol. The molecule has 0 aromatic heterocycles. The van der Waals surface area contributed by atoms with Gasteiger partial charge in [-0.1, -0.05) is 57.9 Å². The fraction of sp³-hybridized carbons (Fsp3) is 0.692. The third-order valence-corrected chi connectivity index (χ3v) is 7.28. The van der Waals surface area contributed by atoms with Crippen molar-refractivity contribution in [1.82, 2.24) is 14.7 Å². The third-order valence-electron chi connectivity index (χ3n) is 7.28. The van der Waals surface area contributed by atoms with E-state index in [1.165, 1.54) is 24.0 Å². The number of carbonyl (C=O) groups excluding carboxylic acids is 2. The van der Waals surface area contributed by atoms with Crippen molar-refractivity contribution in [3.63, 3.8) is 0 Å². The van der Waals surface area contributed by atoms with Crippen LogP contribution in [0, 0.1) is 11.3 Å². The second-order valence-electron chi connectivity index (χ2n) is 10.9. The normalized spacial score (nSPS) is 21.8. The molecule has 3 aliphatic rings. The quantitative estimate of drug-likeness (QED) is 0.739. The average Bonchev–Trinajstić information content (AvgIpc) is 3.27. The third kappa shape index (κ3) is 5.31. The van der Waals surface area contributed by atoms with Crippen molar-refractivity contribution in [2.24, 2.45) is 11.3 Å². The standard InChI is InChI=1S/C26H39N3O2/c1-26(2,3)18-23(30)27-14-16-28(17-15-27)24(21-9-5-6-10-21)25(31)29-13-12-20-8-4-7-11-22(20)19-29/h4,7-8,11,21,24H,5-6,9-10,12-19H2,1-3H3. The Bertz CT molecular complexity index is 786. The molecule has 2 amide bonds. The zero-order valence-corrected chi connectivity index (χ0v) is 19.6. The van der Waals surface area contributed by atoms with Crippen LogP contribution in [0.3, 0.4) is 0 Å². The summed E-state index contributed by atoms with van der Waals surface area (Å²) in [5.74, 6) is 1.03. The summed E-state index contributed by atoms with van der Waals surface area (Å²) >= 11 is 0. The lowest BCUT2D eigenvalue weighted by Crippen LogP contribution is -2.59. The zero-order valence-electron chi connectivity index (χ0n) is 19.6. The van der Waals surface area contributed by atoms with Gasteiger partial charge in [0.05, 0.1) is 6.04 Å². The van der Waals surface area contributed by atoms with Crippen LogP contribution in [0.5, 0.6) is 0 Å². The van der Waals surface area contributed by atoms with E-state index in [2.05, 4.69) is 54.8 Å². The van der Waals surface area contributed by atoms with E-state index >= 15 is 0 Å². The van der Waals surface area contributed by atoms with E-state index in [0.29, 0.717) is 18.2 Å². The van der Waals surface area contributed by atoms with Crippen molar-refractivity contribution < 1.29 is 9.59 Å². The Morgan fingerprint density at radius 2 is 1.58 bits per heavy atom. The van der Waals surface area contributed by atoms with E-state index in [1.807, 2.05) is 4.90 Å². The van der Waals surface area contributed by atoms with Crippen LogP contribution < -0.4 is 0 Å². The van der Waals surface area contributed by atoms with E-state index in [4.69, 9.17) is 0 Å². The fourth-order valence-electron chi connectivity index (χ4n) is 5.61. The molecule has 0 radical (unpaired) electrons. The maximum Gasteiger partial charge on any atom is 0.240 e. The molecule has 5 heteroatoms. The number of nitrogens with zero attached hydrogens (tertiary/aromatic N) is 3. The number of piperazine rings is 1. The molecule has 5 nitrogen and oxygen atoms in total. The number of fused-ring (bicyclic) bond motifs is 1. The maximum absolute atomic E-state index is 13.8. The van der Waals surface area contributed by atoms with Crippen LogP contribution in [-0.2, 0) is 22.6 Å². The summed E-state index contributed by atoms with van der Waals surface area (Å²) in [6, 6.07) is 8.51. The second kappa shape index (κ2) is 9.32. The molecule has 0 bridgehead atoms. The van der Waals surface area contributed by atoms with E-state index in [1.54, 1.807) is 0 Å². The SMILES string of the molecule is CC(C)(C)CC(=O)N1CCN(C(C(=O)N2CCc3ccccc3C2)C2CCCC2)CC1. The molecule has 2 aliphatic heterocycles. The molecule has 1 saturated heterocycles.